The van der Waals surface area contributed by atoms with Crippen LogP contribution < -0.4 is 11.1 Å². The topological polar surface area (TPSA) is 55.1 Å². The zero-order valence-electron chi connectivity index (χ0n) is 11.2. The molecule has 0 fully saturated rings. The van der Waals surface area contributed by atoms with E-state index in [4.69, 9.17) is 5.73 Å². The average molecular weight is 252 g/mol. The Morgan fingerprint density at radius 3 is 2.61 bits per heavy atom. The summed E-state index contributed by atoms with van der Waals surface area (Å²) in [5, 5.41) is 2.83. The SMILES string of the molecule is Cc1ccc(CC(CN)C(=O)NC(C)C)cc1F. The molecule has 0 heterocycles. The minimum Gasteiger partial charge on any atom is -0.354 e. The first-order valence-electron chi connectivity index (χ1n) is 6.19. The highest BCUT2D eigenvalue weighted by molar-refractivity contribution is 5.79. The van der Waals surface area contributed by atoms with E-state index in [0.717, 1.165) is 5.56 Å². The molecule has 0 bridgehead atoms. The molecule has 0 aliphatic rings. The van der Waals surface area contributed by atoms with Crippen molar-refractivity contribution < 1.29 is 9.18 Å². The van der Waals surface area contributed by atoms with Crippen molar-refractivity contribution in [2.24, 2.45) is 11.7 Å². The maximum atomic E-state index is 13.4. The summed E-state index contributed by atoms with van der Waals surface area (Å²) in [6.07, 6.45) is 0.465. The van der Waals surface area contributed by atoms with E-state index < -0.39 is 0 Å². The van der Waals surface area contributed by atoms with Crippen LogP contribution in [-0.2, 0) is 11.2 Å². The molecule has 18 heavy (non-hydrogen) atoms. The normalized spacial score (nSPS) is 12.6. The minimum absolute atomic E-state index is 0.0755. The molecule has 4 heteroatoms. The molecular weight excluding hydrogens is 231 g/mol. The van der Waals surface area contributed by atoms with Gasteiger partial charge >= 0.3 is 0 Å². The smallest absolute Gasteiger partial charge is 0.224 e. The third-order valence-corrected chi connectivity index (χ3v) is 2.80. The van der Waals surface area contributed by atoms with Gasteiger partial charge in [0.2, 0.25) is 5.91 Å². The molecule has 0 saturated carbocycles. The minimum atomic E-state index is -0.311. The molecule has 1 aromatic rings. The first-order chi connectivity index (χ1) is 8.43. The number of hydrogen-bond acceptors (Lipinski definition) is 2. The third-order valence-electron chi connectivity index (χ3n) is 2.80. The number of aryl methyl sites for hydroxylation is 1. The molecule has 100 valence electrons. The van der Waals surface area contributed by atoms with Crippen LogP contribution in [0.4, 0.5) is 4.39 Å². The van der Waals surface area contributed by atoms with Gasteiger partial charge in [-0.2, -0.15) is 0 Å². The van der Waals surface area contributed by atoms with E-state index in [0.29, 0.717) is 12.0 Å². The van der Waals surface area contributed by atoms with Gasteiger partial charge in [0.05, 0.1) is 5.92 Å². The van der Waals surface area contributed by atoms with Crippen LogP contribution in [0, 0.1) is 18.7 Å². The second-order valence-corrected chi connectivity index (χ2v) is 4.88. The van der Waals surface area contributed by atoms with Crippen LogP contribution in [0.1, 0.15) is 25.0 Å². The average Bonchev–Trinajstić information content (AvgIpc) is 2.29. The molecule has 1 rings (SSSR count). The summed E-state index contributed by atoms with van der Waals surface area (Å²) in [4.78, 5) is 11.9. The van der Waals surface area contributed by atoms with Crippen LogP contribution in [0.25, 0.3) is 0 Å². The molecule has 3 N–H and O–H groups in total. The van der Waals surface area contributed by atoms with Gasteiger partial charge in [0.15, 0.2) is 0 Å². The lowest BCUT2D eigenvalue weighted by Crippen LogP contribution is -2.39. The van der Waals surface area contributed by atoms with E-state index in [9.17, 15) is 9.18 Å². The first-order valence-corrected chi connectivity index (χ1v) is 6.19. The molecule has 0 aromatic heterocycles. The number of carbonyl (C=O) groups excluding carboxylic acids is 1. The van der Waals surface area contributed by atoms with Gasteiger partial charge in [0.1, 0.15) is 5.82 Å². The number of rotatable bonds is 5. The molecule has 0 spiro atoms. The Hall–Kier alpha value is -1.42. The number of halogens is 1. The van der Waals surface area contributed by atoms with Crippen LogP contribution in [0.5, 0.6) is 0 Å². The maximum absolute atomic E-state index is 13.4. The van der Waals surface area contributed by atoms with Gasteiger partial charge in [0.25, 0.3) is 0 Å². The number of carbonyl (C=O) groups is 1. The van der Waals surface area contributed by atoms with Crippen molar-refractivity contribution in [3.63, 3.8) is 0 Å². The highest BCUT2D eigenvalue weighted by atomic mass is 19.1. The molecule has 3 nitrogen and oxygen atoms in total. The lowest BCUT2D eigenvalue weighted by Gasteiger charge is -2.17. The van der Waals surface area contributed by atoms with Crippen molar-refractivity contribution in [1.29, 1.82) is 0 Å². The first kappa shape index (κ1) is 14.6. The van der Waals surface area contributed by atoms with E-state index in [2.05, 4.69) is 5.32 Å². The molecule has 1 unspecified atom stereocenters. The van der Waals surface area contributed by atoms with Gasteiger partial charge in [-0.25, -0.2) is 4.39 Å². The largest absolute Gasteiger partial charge is 0.354 e. The molecule has 1 aromatic carbocycles. The number of benzene rings is 1. The molecule has 0 aliphatic carbocycles. The van der Waals surface area contributed by atoms with Crippen LogP contribution >= 0.6 is 0 Å². The standard InChI is InChI=1S/C14H21FN2O/c1-9(2)17-14(18)12(8-16)6-11-5-4-10(3)13(15)7-11/h4-5,7,9,12H,6,8,16H2,1-3H3,(H,17,18). The van der Waals surface area contributed by atoms with Crippen molar-refractivity contribution in [2.45, 2.75) is 33.2 Å². The predicted molar refractivity (Wildman–Crippen MR) is 70.7 cm³/mol. The summed E-state index contributed by atoms with van der Waals surface area (Å²) < 4.78 is 13.4. The van der Waals surface area contributed by atoms with Crippen molar-refractivity contribution >= 4 is 5.91 Å². The van der Waals surface area contributed by atoms with Gasteiger partial charge < -0.3 is 11.1 Å². The van der Waals surface area contributed by atoms with E-state index >= 15 is 0 Å². The highest BCUT2D eigenvalue weighted by Gasteiger charge is 2.18. The lowest BCUT2D eigenvalue weighted by molar-refractivity contribution is -0.125. The van der Waals surface area contributed by atoms with Crippen LogP contribution in [0.2, 0.25) is 0 Å². The third kappa shape index (κ3) is 4.11. The maximum Gasteiger partial charge on any atom is 0.224 e. The van der Waals surface area contributed by atoms with Gasteiger partial charge in [-0.1, -0.05) is 12.1 Å². The van der Waals surface area contributed by atoms with E-state index in [1.165, 1.54) is 6.07 Å². The quantitative estimate of drug-likeness (QED) is 0.839. The van der Waals surface area contributed by atoms with Crippen LogP contribution in [0.3, 0.4) is 0 Å². The summed E-state index contributed by atoms with van der Waals surface area (Å²) in [5.74, 6) is -0.629. The molecule has 0 saturated heterocycles. The second-order valence-electron chi connectivity index (χ2n) is 4.88. The van der Waals surface area contributed by atoms with Crippen molar-refractivity contribution in [2.75, 3.05) is 6.54 Å². The predicted octanol–water partition coefficient (Wildman–Crippen LogP) is 1.78. The Labute approximate surface area is 108 Å². The van der Waals surface area contributed by atoms with E-state index in [1.807, 2.05) is 19.9 Å². The monoisotopic (exact) mass is 252 g/mol. The Kier molecular flexibility index (Phi) is 5.28. The summed E-state index contributed by atoms with van der Waals surface area (Å²) in [6.45, 7) is 5.77. The fourth-order valence-electron chi connectivity index (χ4n) is 1.73. The fourth-order valence-corrected chi connectivity index (χ4v) is 1.73. The van der Waals surface area contributed by atoms with Gasteiger partial charge in [-0.05, 0) is 44.4 Å². The molecule has 1 amide bonds. The van der Waals surface area contributed by atoms with Crippen LogP contribution in [0.15, 0.2) is 18.2 Å². The summed E-state index contributed by atoms with van der Waals surface area (Å²) in [7, 11) is 0. The highest BCUT2D eigenvalue weighted by Crippen LogP contribution is 2.13. The molecule has 0 radical (unpaired) electrons. The second kappa shape index (κ2) is 6.50. The van der Waals surface area contributed by atoms with Gasteiger partial charge in [-0.3, -0.25) is 4.79 Å². The van der Waals surface area contributed by atoms with E-state index in [1.54, 1.807) is 13.0 Å². The van der Waals surface area contributed by atoms with E-state index in [-0.39, 0.29) is 30.2 Å². The Bertz CT molecular complexity index is 418. The number of hydrogen-bond donors (Lipinski definition) is 2. The fraction of sp³-hybridized carbons (Fsp3) is 0.500. The van der Waals surface area contributed by atoms with Crippen LogP contribution in [-0.4, -0.2) is 18.5 Å². The van der Waals surface area contributed by atoms with Gasteiger partial charge in [-0.15, -0.1) is 0 Å². The van der Waals surface area contributed by atoms with Gasteiger partial charge in [0, 0.05) is 12.6 Å². The Morgan fingerprint density at radius 1 is 1.44 bits per heavy atom. The lowest BCUT2D eigenvalue weighted by atomic mass is 9.97. The Morgan fingerprint density at radius 2 is 2.11 bits per heavy atom. The molecule has 0 aliphatic heterocycles. The van der Waals surface area contributed by atoms with Crippen molar-refractivity contribution in [3.05, 3.63) is 35.1 Å². The zero-order chi connectivity index (χ0) is 13.7. The van der Waals surface area contributed by atoms with Crippen molar-refractivity contribution in [1.82, 2.24) is 5.32 Å². The number of nitrogens with one attached hydrogen (secondary N) is 1. The summed E-state index contributed by atoms with van der Waals surface area (Å²) >= 11 is 0. The number of amides is 1. The summed E-state index contributed by atoms with van der Waals surface area (Å²) in [5.41, 5.74) is 7.02. The van der Waals surface area contributed by atoms with Crippen molar-refractivity contribution in [3.8, 4) is 0 Å². The number of nitrogens with two attached hydrogens (primary N) is 1. The zero-order valence-corrected chi connectivity index (χ0v) is 11.2. The molecule has 1 atom stereocenters. The Balaban J connectivity index is 2.73. The summed E-state index contributed by atoms with van der Waals surface area (Å²) in [6, 6.07) is 5.12. The molecular formula is C14H21FN2O.